The third-order valence-electron chi connectivity index (χ3n) is 2.28. The second kappa shape index (κ2) is 6.11. The summed E-state index contributed by atoms with van der Waals surface area (Å²) in [7, 11) is 0. The Morgan fingerprint density at radius 1 is 1.25 bits per heavy atom. The van der Waals surface area contributed by atoms with Gasteiger partial charge in [-0.15, -0.1) is 0 Å². The molecular formula is C14H19NO. The Balaban J connectivity index is 2.70. The first kappa shape index (κ1) is 12.5. The zero-order chi connectivity index (χ0) is 12.0. The average molecular weight is 217 g/mol. The van der Waals surface area contributed by atoms with Gasteiger partial charge in [-0.1, -0.05) is 23.8 Å². The maximum Gasteiger partial charge on any atom is 0.154 e. The number of hydrogen-bond donors (Lipinski definition) is 1. The maximum atomic E-state index is 10.9. The van der Waals surface area contributed by atoms with Gasteiger partial charge in [0.1, 0.15) is 0 Å². The van der Waals surface area contributed by atoms with Gasteiger partial charge in [0, 0.05) is 11.4 Å². The van der Waals surface area contributed by atoms with Crippen LogP contribution in [-0.2, 0) is 4.79 Å². The van der Waals surface area contributed by atoms with Gasteiger partial charge in [0.15, 0.2) is 5.78 Å². The van der Waals surface area contributed by atoms with Crippen molar-refractivity contribution in [2.75, 3.05) is 0 Å². The highest BCUT2D eigenvalue weighted by Gasteiger charge is 1.97. The third kappa shape index (κ3) is 4.78. The van der Waals surface area contributed by atoms with Gasteiger partial charge in [-0.2, -0.15) is 0 Å². The molecule has 0 saturated carbocycles. The molecule has 0 bridgehead atoms. The van der Waals surface area contributed by atoms with Crippen molar-refractivity contribution in [2.24, 2.45) is 0 Å². The molecule has 0 unspecified atom stereocenters. The molecule has 2 nitrogen and oxygen atoms in total. The van der Waals surface area contributed by atoms with Crippen molar-refractivity contribution in [3.05, 3.63) is 47.3 Å². The second-order valence-corrected chi connectivity index (χ2v) is 4.08. The standard InChI is InChI=1S/C14H19NO/c1-11-6-4-5-7-14(9-8-11)15-12(2)10-13(3)16/h6-10,15H,4-5H2,1-3H3/b9-8-,11-6+,12-10-,14-7-. The van der Waals surface area contributed by atoms with Crippen LogP contribution in [0.4, 0.5) is 0 Å². The minimum Gasteiger partial charge on any atom is -0.359 e. The van der Waals surface area contributed by atoms with Crippen LogP contribution in [0.25, 0.3) is 0 Å². The predicted octanol–water partition coefficient (Wildman–Crippen LogP) is 3.25. The summed E-state index contributed by atoms with van der Waals surface area (Å²) in [6, 6.07) is 0. The van der Waals surface area contributed by atoms with E-state index in [2.05, 4.69) is 30.5 Å². The summed E-state index contributed by atoms with van der Waals surface area (Å²) >= 11 is 0. The molecule has 0 aromatic carbocycles. The van der Waals surface area contributed by atoms with Crippen molar-refractivity contribution in [3.8, 4) is 0 Å². The number of ketones is 1. The van der Waals surface area contributed by atoms with Gasteiger partial charge in [-0.3, -0.25) is 4.79 Å². The highest BCUT2D eigenvalue weighted by molar-refractivity contribution is 5.87. The van der Waals surface area contributed by atoms with Crippen molar-refractivity contribution >= 4 is 5.78 Å². The van der Waals surface area contributed by atoms with Gasteiger partial charge < -0.3 is 5.32 Å². The number of carbonyl (C=O) groups excluding carboxylic acids is 1. The Hall–Kier alpha value is -1.57. The first-order valence-electron chi connectivity index (χ1n) is 5.59. The fourth-order valence-electron chi connectivity index (χ4n) is 1.57. The van der Waals surface area contributed by atoms with E-state index in [1.807, 2.05) is 13.0 Å². The quantitative estimate of drug-likeness (QED) is 0.735. The van der Waals surface area contributed by atoms with Crippen LogP contribution in [0, 0.1) is 0 Å². The Bertz CT molecular complexity index is 384. The van der Waals surface area contributed by atoms with Crippen LogP contribution in [0.3, 0.4) is 0 Å². The molecule has 0 radical (unpaired) electrons. The molecule has 0 atom stereocenters. The summed E-state index contributed by atoms with van der Waals surface area (Å²) in [5.41, 5.74) is 3.22. The molecule has 0 aromatic heterocycles. The zero-order valence-electron chi connectivity index (χ0n) is 10.2. The monoisotopic (exact) mass is 217 g/mol. The molecule has 0 amide bonds. The van der Waals surface area contributed by atoms with Crippen molar-refractivity contribution in [1.82, 2.24) is 5.32 Å². The third-order valence-corrected chi connectivity index (χ3v) is 2.28. The van der Waals surface area contributed by atoms with Crippen LogP contribution in [0.15, 0.2) is 47.3 Å². The molecule has 16 heavy (non-hydrogen) atoms. The molecule has 0 aliphatic heterocycles. The minimum atomic E-state index is 0.0662. The zero-order valence-corrected chi connectivity index (χ0v) is 10.2. The van der Waals surface area contributed by atoms with Gasteiger partial charge in [0.25, 0.3) is 0 Å². The van der Waals surface area contributed by atoms with E-state index in [0.29, 0.717) is 0 Å². The van der Waals surface area contributed by atoms with Crippen molar-refractivity contribution < 1.29 is 4.79 Å². The molecule has 1 aliphatic carbocycles. The molecule has 0 spiro atoms. The minimum absolute atomic E-state index is 0.0662. The molecule has 0 heterocycles. The Kier molecular flexibility index (Phi) is 4.77. The first-order chi connectivity index (χ1) is 7.58. The van der Waals surface area contributed by atoms with Crippen LogP contribution < -0.4 is 5.32 Å². The lowest BCUT2D eigenvalue weighted by Gasteiger charge is -2.09. The normalized spacial score (nSPS) is 25.6. The average Bonchev–Trinajstić information content (AvgIpc) is 2.16. The van der Waals surface area contributed by atoms with E-state index in [0.717, 1.165) is 24.2 Å². The number of nitrogens with one attached hydrogen (secondary N) is 1. The number of hydrogen-bond acceptors (Lipinski definition) is 2. The molecule has 1 aliphatic rings. The highest BCUT2D eigenvalue weighted by atomic mass is 16.1. The Morgan fingerprint density at radius 3 is 2.62 bits per heavy atom. The van der Waals surface area contributed by atoms with Gasteiger partial charge in [0.05, 0.1) is 0 Å². The number of carbonyl (C=O) groups is 1. The summed E-state index contributed by atoms with van der Waals surface area (Å²) in [6.07, 6.45) is 12.2. The van der Waals surface area contributed by atoms with Crippen LogP contribution in [0.2, 0.25) is 0 Å². The van der Waals surface area contributed by atoms with E-state index in [1.54, 1.807) is 13.0 Å². The van der Waals surface area contributed by atoms with Crippen LogP contribution in [0.1, 0.15) is 33.6 Å². The van der Waals surface area contributed by atoms with Gasteiger partial charge in [-0.25, -0.2) is 0 Å². The molecular weight excluding hydrogens is 198 g/mol. The summed E-state index contributed by atoms with van der Waals surface area (Å²) in [4.78, 5) is 10.9. The largest absolute Gasteiger partial charge is 0.359 e. The van der Waals surface area contributed by atoms with Crippen LogP contribution >= 0.6 is 0 Å². The molecule has 0 aromatic rings. The summed E-state index contributed by atoms with van der Waals surface area (Å²) in [5, 5.41) is 3.23. The van der Waals surface area contributed by atoms with E-state index >= 15 is 0 Å². The highest BCUT2D eigenvalue weighted by Crippen LogP contribution is 2.09. The lowest BCUT2D eigenvalue weighted by molar-refractivity contribution is -0.112. The fourth-order valence-corrected chi connectivity index (χ4v) is 1.57. The number of rotatable bonds is 3. The molecule has 1 N–H and O–H groups in total. The molecule has 0 fully saturated rings. The van der Waals surface area contributed by atoms with Gasteiger partial charge in [-0.05, 0) is 45.8 Å². The van der Waals surface area contributed by atoms with Crippen LogP contribution in [0.5, 0.6) is 0 Å². The Labute approximate surface area is 97.4 Å². The van der Waals surface area contributed by atoms with E-state index in [9.17, 15) is 4.79 Å². The summed E-state index contributed by atoms with van der Waals surface area (Å²) in [6.45, 7) is 5.55. The van der Waals surface area contributed by atoms with Crippen molar-refractivity contribution in [2.45, 2.75) is 33.6 Å². The molecule has 1 rings (SSSR count). The topological polar surface area (TPSA) is 29.1 Å². The van der Waals surface area contributed by atoms with E-state index in [-0.39, 0.29) is 5.78 Å². The van der Waals surface area contributed by atoms with E-state index in [4.69, 9.17) is 0 Å². The molecule has 0 saturated heterocycles. The van der Waals surface area contributed by atoms with Crippen molar-refractivity contribution in [1.29, 1.82) is 0 Å². The van der Waals surface area contributed by atoms with Crippen LogP contribution in [-0.4, -0.2) is 5.78 Å². The van der Waals surface area contributed by atoms with Gasteiger partial charge in [0.2, 0.25) is 0 Å². The maximum absolute atomic E-state index is 10.9. The lowest BCUT2D eigenvalue weighted by atomic mass is 10.1. The summed E-state index contributed by atoms with van der Waals surface area (Å²) < 4.78 is 0. The number of allylic oxidation sites excluding steroid dienone is 7. The predicted molar refractivity (Wildman–Crippen MR) is 67.8 cm³/mol. The lowest BCUT2D eigenvalue weighted by Crippen LogP contribution is -2.10. The smallest absolute Gasteiger partial charge is 0.154 e. The first-order valence-corrected chi connectivity index (χ1v) is 5.59. The SMILES string of the molecule is CC(=O)/C=C(/C)NC1=C\CC/C=C(C)/C=C\1. The Morgan fingerprint density at radius 2 is 1.94 bits per heavy atom. The summed E-state index contributed by atoms with van der Waals surface area (Å²) in [5.74, 6) is 0.0662. The van der Waals surface area contributed by atoms with E-state index < -0.39 is 0 Å². The van der Waals surface area contributed by atoms with E-state index in [1.165, 1.54) is 5.57 Å². The van der Waals surface area contributed by atoms with Crippen molar-refractivity contribution in [3.63, 3.8) is 0 Å². The molecule has 2 heteroatoms. The van der Waals surface area contributed by atoms with Gasteiger partial charge >= 0.3 is 0 Å². The fraction of sp³-hybridized carbons (Fsp3) is 0.357. The molecule has 86 valence electrons. The second-order valence-electron chi connectivity index (χ2n) is 4.08.